The predicted octanol–water partition coefficient (Wildman–Crippen LogP) is 3.63. The monoisotopic (exact) mass is 436 g/mol. The van der Waals surface area contributed by atoms with Gasteiger partial charge in [0, 0.05) is 28.8 Å². The van der Waals surface area contributed by atoms with Crippen LogP contribution >= 0.6 is 0 Å². The van der Waals surface area contributed by atoms with Crippen LogP contribution in [0.1, 0.15) is 60.8 Å². The van der Waals surface area contributed by atoms with Crippen molar-refractivity contribution in [3.8, 4) is 16.9 Å². The average molecular weight is 436 g/mol. The lowest BCUT2D eigenvalue weighted by molar-refractivity contribution is 0.227. The highest BCUT2D eigenvalue weighted by Gasteiger charge is 2.30. The number of nitrogens with one attached hydrogen (secondary N) is 1. The maximum Gasteiger partial charge on any atom is 0.166 e. The number of nitrogens with zero attached hydrogens (tertiary/aromatic N) is 3. The Morgan fingerprint density at radius 3 is 2.84 bits per heavy atom. The summed E-state index contributed by atoms with van der Waals surface area (Å²) in [5, 5.41) is 7.47. The van der Waals surface area contributed by atoms with E-state index in [9.17, 15) is 4.39 Å². The Bertz CT molecular complexity index is 1190. The molecule has 1 aliphatic carbocycles. The summed E-state index contributed by atoms with van der Waals surface area (Å²) in [4.78, 5) is 9.08. The number of aliphatic imine (C=N–C) groups is 1. The van der Waals surface area contributed by atoms with Crippen molar-refractivity contribution in [1.29, 1.82) is 0 Å². The van der Waals surface area contributed by atoms with Gasteiger partial charge in [0.25, 0.3) is 0 Å². The van der Waals surface area contributed by atoms with Gasteiger partial charge in [-0.1, -0.05) is 11.6 Å². The number of nitrogen functional groups attached to an aromatic ring is 1. The third-order valence-electron chi connectivity index (χ3n) is 6.11. The van der Waals surface area contributed by atoms with E-state index in [0.717, 1.165) is 29.7 Å². The first kappa shape index (κ1) is 20.4. The van der Waals surface area contributed by atoms with Crippen LogP contribution in [-0.4, -0.2) is 22.6 Å². The maximum atomic E-state index is 14.1. The summed E-state index contributed by atoms with van der Waals surface area (Å²) in [6.07, 6.45) is 4.51. The summed E-state index contributed by atoms with van der Waals surface area (Å²) in [6, 6.07) is 6.33. The zero-order valence-corrected chi connectivity index (χ0v) is 17.8. The van der Waals surface area contributed by atoms with Crippen LogP contribution in [0.5, 0.6) is 5.75 Å². The number of halogens is 1. The molecular weight excluding hydrogens is 411 g/mol. The molecule has 0 amide bonds. The summed E-state index contributed by atoms with van der Waals surface area (Å²) in [6.45, 7) is 2.24. The van der Waals surface area contributed by atoms with Gasteiger partial charge in [0.2, 0.25) is 0 Å². The SMILES string of the molecule is CC1Oc2cc(cnc2N)-c2c(C3CCC3)noc2CN=C(NCN)c2ccc(F)cc21. The highest BCUT2D eigenvalue weighted by molar-refractivity contribution is 6.00. The third-order valence-corrected chi connectivity index (χ3v) is 6.11. The minimum absolute atomic E-state index is 0.164. The standard InChI is InChI=1S/C23H25FN6O2/c1-12-17-8-15(24)5-6-16(17)23(29-11-25)28-10-19-20(21(30-32-19)13-3-2-4-13)14-7-18(31-12)22(26)27-9-14/h5-9,12-13H,2-4,10-11,25H2,1H3,(H2,26,27)(H,28,29). The van der Waals surface area contributed by atoms with Crippen LogP contribution in [0.25, 0.3) is 11.1 Å². The van der Waals surface area contributed by atoms with E-state index in [4.69, 9.17) is 25.7 Å². The van der Waals surface area contributed by atoms with Gasteiger partial charge in [-0.05, 0) is 44.0 Å². The van der Waals surface area contributed by atoms with Gasteiger partial charge < -0.3 is 26.0 Å². The lowest BCUT2D eigenvalue weighted by Crippen LogP contribution is -2.31. The summed E-state index contributed by atoms with van der Waals surface area (Å²) in [7, 11) is 0. The Kier molecular flexibility index (Phi) is 5.26. The molecule has 0 radical (unpaired) electrons. The normalized spacial score (nSPS) is 18.2. The number of fused-ring (bicyclic) bond motifs is 5. The minimum Gasteiger partial charge on any atom is -0.482 e. The van der Waals surface area contributed by atoms with Crippen molar-refractivity contribution in [3.63, 3.8) is 0 Å². The number of hydrogen-bond donors (Lipinski definition) is 3. The van der Waals surface area contributed by atoms with Crippen molar-refractivity contribution >= 4 is 11.7 Å². The van der Waals surface area contributed by atoms with Gasteiger partial charge >= 0.3 is 0 Å². The molecule has 1 saturated carbocycles. The molecule has 32 heavy (non-hydrogen) atoms. The largest absolute Gasteiger partial charge is 0.482 e. The van der Waals surface area contributed by atoms with E-state index in [1.165, 1.54) is 18.6 Å². The number of hydrogen-bond acceptors (Lipinski definition) is 8. The summed E-state index contributed by atoms with van der Waals surface area (Å²) in [5.74, 6) is 1.81. The summed E-state index contributed by atoms with van der Waals surface area (Å²) in [5.41, 5.74) is 15.8. The van der Waals surface area contributed by atoms with Crippen LogP contribution < -0.4 is 21.5 Å². The molecule has 9 heteroatoms. The molecule has 5 rings (SSSR count). The van der Waals surface area contributed by atoms with E-state index in [2.05, 4.69) is 15.5 Å². The number of aromatic nitrogens is 2. The first-order valence-electron chi connectivity index (χ1n) is 10.7. The van der Waals surface area contributed by atoms with Gasteiger partial charge in [-0.15, -0.1) is 0 Å². The molecule has 8 nitrogen and oxygen atoms in total. The molecule has 5 N–H and O–H groups in total. The zero-order chi connectivity index (χ0) is 22.2. The number of nitrogens with two attached hydrogens (primary N) is 2. The second-order valence-electron chi connectivity index (χ2n) is 8.14. The molecular formula is C23H25FN6O2. The molecule has 1 aliphatic heterocycles. The van der Waals surface area contributed by atoms with E-state index in [1.807, 2.05) is 13.0 Å². The topological polar surface area (TPSA) is 125 Å². The molecule has 1 unspecified atom stereocenters. The summed E-state index contributed by atoms with van der Waals surface area (Å²) >= 11 is 0. The van der Waals surface area contributed by atoms with Crippen LogP contribution in [0.3, 0.4) is 0 Å². The fraction of sp³-hybridized carbons (Fsp3) is 0.348. The molecule has 2 aliphatic rings. The van der Waals surface area contributed by atoms with Crippen LogP contribution in [0.4, 0.5) is 10.2 Å². The predicted molar refractivity (Wildman–Crippen MR) is 119 cm³/mol. The fourth-order valence-electron chi connectivity index (χ4n) is 4.23. The van der Waals surface area contributed by atoms with Gasteiger partial charge in [0.05, 0.1) is 17.9 Å². The van der Waals surface area contributed by atoms with Crippen molar-refractivity contribution in [2.75, 3.05) is 12.4 Å². The molecule has 0 saturated heterocycles. The zero-order valence-electron chi connectivity index (χ0n) is 17.8. The van der Waals surface area contributed by atoms with Gasteiger partial charge in [-0.3, -0.25) is 4.99 Å². The minimum atomic E-state index is -0.516. The summed E-state index contributed by atoms with van der Waals surface area (Å²) < 4.78 is 26.1. The maximum absolute atomic E-state index is 14.1. The van der Waals surface area contributed by atoms with Crippen molar-refractivity contribution in [3.05, 3.63) is 58.9 Å². The van der Waals surface area contributed by atoms with E-state index in [0.29, 0.717) is 34.4 Å². The van der Waals surface area contributed by atoms with E-state index in [1.54, 1.807) is 12.3 Å². The van der Waals surface area contributed by atoms with Crippen molar-refractivity contribution in [1.82, 2.24) is 15.5 Å². The van der Waals surface area contributed by atoms with Gasteiger partial charge in [0.15, 0.2) is 17.3 Å². The number of rotatable bonds is 2. The second-order valence-corrected chi connectivity index (χ2v) is 8.14. The Morgan fingerprint density at radius 1 is 1.25 bits per heavy atom. The average Bonchev–Trinajstić information content (AvgIpc) is 3.14. The van der Waals surface area contributed by atoms with Crippen molar-refractivity contribution < 1.29 is 13.7 Å². The number of pyridine rings is 1. The Hall–Kier alpha value is -3.46. The molecule has 1 atom stereocenters. The van der Waals surface area contributed by atoms with Crippen molar-refractivity contribution in [2.45, 2.75) is 44.8 Å². The van der Waals surface area contributed by atoms with Crippen LogP contribution in [0.15, 0.2) is 40.0 Å². The lowest BCUT2D eigenvalue weighted by Gasteiger charge is -2.24. The first-order valence-corrected chi connectivity index (χ1v) is 10.7. The number of ether oxygens (including phenoxy) is 1. The fourth-order valence-corrected chi connectivity index (χ4v) is 4.23. The first-order chi connectivity index (χ1) is 15.5. The molecule has 3 aromatic rings. The Labute approximate surface area is 184 Å². The van der Waals surface area contributed by atoms with E-state index >= 15 is 0 Å². The van der Waals surface area contributed by atoms with Gasteiger partial charge in [-0.25, -0.2) is 9.37 Å². The molecule has 2 aromatic heterocycles. The lowest BCUT2D eigenvalue weighted by atomic mass is 9.80. The molecule has 1 fully saturated rings. The molecule has 2 bridgehead atoms. The molecule has 166 valence electrons. The van der Waals surface area contributed by atoms with E-state index < -0.39 is 6.10 Å². The Morgan fingerprint density at radius 2 is 2.09 bits per heavy atom. The molecule has 0 spiro atoms. The van der Waals surface area contributed by atoms with Gasteiger partial charge in [0.1, 0.15) is 24.3 Å². The smallest absolute Gasteiger partial charge is 0.166 e. The van der Waals surface area contributed by atoms with Crippen LogP contribution in [0.2, 0.25) is 0 Å². The molecule has 1 aromatic carbocycles. The van der Waals surface area contributed by atoms with E-state index in [-0.39, 0.29) is 24.8 Å². The van der Waals surface area contributed by atoms with Gasteiger partial charge in [-0.2, -0.15) is 0 Å². The quantitative estimate of drug-likeness (QED) is 0.524. The number of anilines is 1. The number of benzene rings is 1. The molecule has 3 heterocycles. The van der Waals surface area contributed by atoms with Crippen LogP contribution in [0, 0.1) is 5.82 Å². The number of amidine groups is 1. The van der Waals surface area contributed by atoms with Crippen molar-refractivity contribution in [2.24, 2.45) is 10.7 Å². The van der Waals surface area contributed by atoms with Crippen LogP contribution in [-0.2, 0) is 6.54 Å². The highest BCUT2D eigenvalue weighted by Crippen LogP contribution is 2.43. The Balaban J connectivity index is 1.71. The highest BCUT2D eigenvalue weighted by atomic mass is 19.1. The second kappa shape index (κ2) is 8.23. The third kappa shape index (κ3) is 3.58.